The monoisotopic (exact) mass is 284 g/mol. The van der Waals surface area contributed by atoms with Crippen molar-refractivity contribution >= 4 is 0 Å². The molecule has 0 aliphatic carbocycles. The molecule has 0 aromatic heterocycles. The van der Waals surface area contributed by atoms with E-state index in [1.165, 1.54) is 11.1 Å². The van der Waals surface area contributed by atoms with E-state index < -0.39 is 0 Å². The van der Waals surface area contributed by atoms with E-state index in [4.69, 9.17) is 9.47 Å². The molecule has 3 rings (SSSR count). The lowest BCUT2D eigenvalue weighted by Crippen LogP contribution is -2.18. The highest BCUT2D eigenvalue weighted by Crippen LogP contribution is 2.33. The molecule has 3 nitrogen and oxygen atoms in total. The predicted octanol–water partition coefficient (Wildman–Crippen LogP) is 3.50. The van der Waals surface area contributed by atoms with E-state index >= 15 is 0 Å². The van der Waals surface area contributed by atoms with E-state index in [1.807, 2.05) is 24.3 Å². The lowest BCUT2D eigenvalue weighted by molar-refractivity contribution is 0.263. The zero-order chi connectivity index (χ0) is 14.9. The molecule has 0 spiro atoms. The molecule has 21 heavy (non-hydrogen) atoms. The number of ether oxygens (including phenoxy) is 2. The number of epoxide rings is 1. The van der Waals surface area contributed by atoms with Gasteiger partial charge in [-0.25, -0.2) is 0 Å². The maximum absolute atomic E-state index is 9.41. The highest BCUT2D eigenvalue weighted by atomic mass is 16.6. The number of hydrogen-bond donors (Lipinski definition) is 1. The summed E-state index contributed by atoms with van der Waals surface area (Å²) in [6.45, 7) is 5.78. The molecule has 1 N–H and O–H groups in total. The molecule has 0 amide bonds. The predicted molar refractivity (Wildman–Crippen MR) is 81.9 cm³/mol. The summed E-state index contributed by atoms with van der Waals surface area (Å²) in [5.74, 6) is 1.16. The van der Waals surface area contributed by atoms with Crippen molar-refractivity contribution in [3.05, 3.63) is 59.7 Å². The van der Waals surface area contributed by atoms with Crippen molar-refractivity contribution in [1.29, 1.82) is 0 Å². The summed E-state index contributed by atoms with van der Waals surface area (Å²) in [5, 5.41) is 9.41. The molecule has 2 aromatic carbocycles. The molecular formula is C18H20O3. The van der Waals surface area contributed by atoms with Crippen LogP contribution in [-0.2, 0) is 10.2 Å². The first-order valence-electron chi connectivity index (χ1n) is 7.20. The van der Waals surface area contributed by atoms with Crippen LogP contribution in [0.15, 0.2) is 48.5 Å². The number of benzene rings is 2. The normalized spacial score (nSPS) is 17.5. The highest BCUT2D eigenvalue weighted by molar-refractivity contribution is 5.41. The van der Waals surface area contributed by atoms with Crippen molar-refractivity contribution in [2.75, 3.05) is 13.2 Å². The second-order valence-corrected chi connectivity index (χ2v) is 5.96. The zero-order valence-corrected chi connectivity index (χ0v) is 12.4. The van der Waals surface area contributed by atoms with Gasteiger partial charge in [-0.05, 0) is 35.4 Å². The third kappa shape index (κ3) is 3.19. The van der Waals surface area contributed by atoms with Crippen molar-refractivity contribution in [1.82, 2.24) is 0 Å². The summed E-state index contributed by atoms with van der Waals surface area (Å²) in [4.78, 5) is 0. The number of phenolic OH excluding ortho intramolecular Hbond substituents is 1. The Morgan fingerprint density at radius 2 is 1.57 bits per heavy atom. The maximum atomic E-state index is 9.41. The van der Waals surface area contributed by atoms with Gasteiger partial charge in [-0.1, -0.05) is 38.1 Å². The van der Waals surface area contributed by atoms with Gasteiger partial charge >= 0.3 is 0 Å². The minimum absolute atomic E-state index is 0.119. The molecule has 2 aromatic rings. The third-order valence-electron chi connectivity index (χ3n) is 4.00. The average Bonchev–Trinajstić information content (AvgIpc) is 3.30. The van der Waals surface area contributed by atoms with Gasteiger partial charge in [0.2, 0.25) is 0 Å². The topological polar surface area (TPSA) is 42.0 Å². The zero-order valence-electron chi connectivity index (χ0n) is 12.4. The fourth-order valence-electron chi connectivity index (χ4n) is 2.37. The molecule has 3 heteroatoms. The molecular weight excluding hydrogens is 264 g/mol. The Kier molecular flexibility index (Phi) is 3.60. The van der Waals surface area contributed by atoms with Crippen molar-refractivity contribution in [2.24, 2.45) is 0 Å². The largest absolute Gasteiger partial charge is 0.508 e. The van der Waals surface area contributed by atoms with Gasteiger partial charge in [0, 0.05) is 5.41 Å². The van der Waals surface area contributed by atoms with Gasteiger partial charge in [0.05, 0.1) is 6.61 Å². The standard InChI is InChI=1S/C18H20O3/c1-18(2,13-3-7-15(19)8-4-13)14-5-9-16(10-6-14)20-11-17-12-21-17/h3-10,17,19H,11-12H2,1-2H3/t17-/m1/s1. The molecule has 1 aliphatic rings. The Balaban J connectivity index is 1.76. The van der Waals surface area contributed by atoms with Crippen molar-refractivity contribution in [3.8, 4) is 11.5 Å². The van der Waals surface area contributed by atoms with Gasteiger partial charge in [0.15, 0.2) is 0 Å². The number of hydrogen-bond acceptors (Lipinski definition) is 3. The van der Waals surface area contributed by atoms with E-state index in [2.05, 4.69) is 26.0 Å². The first-order chi connectivity index (χ1) is 10.1. The van der Waals surface area contributed by atoms with Crippen LogP contribution in [0.1, 0.15) is 25.0 Å². The average molecular weight is 284 g/mol. The Hall–Kier alpha value is -2.00. The van der Waals surface area contributed by atoms with Crippen LogP contribution < -0.4 is 4.74 Å². The lowest BCUT2D eigenvalue weighted by atomic mass is 9.78. The molecule has 0 saturated carbocycles. The second kappa shape index (κ2) is 5.41. The lowest BCUT2D eigenvalue weighted by Gasteiger charge is -2.26. The van der Waals surface area contributed by atoms with Crippen molar-refractivity contribution < 1.29 is 14.6 Å². The van der Waals surface area contributed by atoms with Gasteiger partial charge in [-0.2, -0.15) is 0 Å². The van der Waals surface area contributed by atoms with E-state index in [-0.39, 0.29) is 11.5 Å². The summed E-state index contributed by atoms with van der Waals surface area (Å²) in [7, 11) is 0. The number of phenols is 1. The molecule has 1 fully saturated rings. The van der Waals surface area contributed by atoms with Gasteiger partial charge in [-0.3, -0.25) is 0 Å². The fraction of sp³-hybridized carbons (Fsp3) is 0.333. The molecule has 110 valence electrons. The molecule has 0 bridgehead atoms. The maximum Gasteiger partial charge on any atom is 0.119 e. The Bertz CT molecular complexity index is 595. The summed E-state index contributed by atoms with van der Waals surface area (Å²) >= 11 is 0. The van der Waals surface area contributed by atoms with Crippen molar-refractivity contribution in [3.63, 3.8) is 0 Å². The number of rotatable bonds is 5. The Morgan fingerprint density at radius 1 is 1.05 bits per heavy atom. The van der Waals surface area contributed by atoms with E-state index in [0.717, 1.165) is 12.4 Å². The molecule has 1 aliphatic heterocycles. The van der Waals surface area contributed by atoms with E-state index in [9.17, 15) is 5.11 Å². The number of aromatic hydroxyl groups is 1. The van der Waals surface area contributed by atoms with Crippen LogP contribution >= 0.6 is 0 Å². The van der Waals surface area contributed by atoms with Crippen LogP contribution in [-0.4, -0.2) is 24.4 Å². The molecule has 1 saturated heterocycles. The van der Waals surface area contributed by atoms with Crippen LogP contribution in [0.25, 0.3) is 0 Å². The van der Waals surface area contributed by atoms with Crippen LogP contribution in [0.5, 0.6) is 11.5 Å². The van der Waals surface area contributed by atoms with Gasteiger partial charge in [0.25, 0.3) is 0 Å². The first-order valence-corrected chi connectivity index (χ1v) is 7.20. The Morgan fingerprint density at radius 3 is 2.10 bits per heavy atom. The molecule has 1 heterocycles. The quantitative estimate of drug-likeness (QED) is 0.854. The minimum Gasteiger partial charge on any atom is -0.508 e. The summed E-state index contributed by atoms with van der Waals surface area (Å²) in [6.07, 6.45) is 0.276. The second-order valence-electron chi connectivity index (χ2n) is 5.96. The van der Waals surface area contributed by atoms with Crippen LogP contribution in [0, 0.1) is 0 Å². The van der Waals surface area contributed by atoms with Crippen molar-refractivity contribution in [2.45, 2.75) is 25.4 Å². The van der Waals surface area contributed by atoms with E-state index in [1.54, 1.807) is 12.1 Å². The molecule has 0 radical (unpaired) electrons. The van der Waals surface area contributed by atoms with Crippen LogP contribution in [0.3, 0.4) is 0 Å². The minimum atomic E-state index is -0.119. The first kappa shape index (κ1) is 14.0. The fourth-order valence-corrected chi connectivity index (χ4v) is 2.37. The van der Waals surface area contributed by atoms with Gasteiger partial charge < -0.3 is 14.6 Å². The summed E-state index contributed by atoms with van der Waals surface area (Å²) < 4.78 is 10.8. The highest BCUT2D eigenvalue weighted by Gasteiger charge is 2.24. The Labute approximate surface area is 125 Å². The van der Waals surface area contributed by atoms with Crippen LogP contribution in [0.4, 0.5) is 0 Å². The summed E-state index contributed by atoms with van der Waals surface area (Å²) in [5.41, 5.74) is 2.26. The van der Waals surface area contributed by atoms with Gasteiger partial charge in [0.1, 0.15) is 24.2 Å². The SMILES string of the molecule is CC(C)(c1ccc(O)cc1)c1ccc(OC[C@@H]2CO2)cc1. The summed E-state index contributed by atoms with van der Waals surface area (Å²) in [6, 6.07) is 15.6. The smallest absolute Gasteiger partial charge is 0.119 e. The van der Waals surface area contributed by atoms with Crippen LogP contribution in [0.2, 0.25) is 0 Å². The molecule has 1 atom stereocenters. The third-order valence-corrected chi connectivity index (χ3v) is 4.00. The van der Waals surface area contributed by atoms with E-state index in [0.29, 0.717) is 12.4 Å². The molecule has 0 unspecified atom stereocenters. The van der Waals surface area contributed by atoms with Gasteiger partial charge in [-0.15, -0.1) is 0 Å².